The summed E-state index contributed by atoms with van der Waals surface area (Å²) < 4.78 is 1.60. The molecule has 6 nitrogen and oxygen atoms in total. The molecule has 2 aliphatic heterocycles. The lowest BCUT2D eigenvalue weighted by atomic mass is 9.92. The number of amides is 1. The summed E-state index contributed by atoms with van der Waals surface area (Å²) in [5.74, 6) is 0.700. The molecule has 1 saturated heterocycles. The van der Waals surface area contributed by atoms with Crippen LogP contribution in [0.3, 0.4) is 0 Å². The number of hydrogen-bond donors (Lipinski definition) is 0. The predicted octanol–water partition coefficient (Wildman–Crippen LogP) is 2.76. The summed E-state index contributed by atoms with van der Waals surface area (Å²) >= 11 is 0. The molecule has 3 aromatic rings. The van der Waals surface area contributed by atoms with Crippen LogP contribution in [-0.2, 0) is 11.3 Å². The van der Waals surface area contributed by atoms with E-state index in [-0.39, 0.29) is 24.5 Å². The SMILES string of the molecule is O=C(Cn1nnnc1-c1ccccc1)N1C2CCC1c1ccccc12. The van der Waals surface area contributed by atoms with Crippen molar-refractivity contribution in [3.63, 3.8) is 0 Å². The standard InChI is InChI=1S/C19H17N5O/c25-18(12-23-19(20-21-22-23)13-6-2-1-3-7-13)24-16-10-11-17(24)15-9-5-4-8-14(15)16/h1-9,16-17H,10-12H2. The fourth-order valence-corrected chi connectivity index (χ4v) is 4.20. The summed E-state index contributed by atoms with van der Waals surface area (Å²) in [7, 11) is 0. The van der Waals surface area contributed by atoms with Gasteiger partial charge in [0.1, 0.15) is 6.54 Å². The molecule has 2 bridgehead atoms. The van der Waals surface area contributed by atoms with Crippen molar-refractivity contribution in [1.82, 2.24) is 25.1 Å². The van der Waals surface area contributed by atoms with Crippen LogP contribution in [0, 0.1) is 0 Å². The zero-order valence-electron chi connectivity index (χ0n) is 13.6. The third kappa shape index (κ3) is 2.17. The molecule has 5 rings (SSSR count). The Morgan fingerprint density at radius 2 is 1.60 bits per heavy atom. The average Bonchev–Trinajstić information content (AvgIpc) is 3.36. The minimum absolute atomic E-state index is 0.0770. The average molecular weight is 331 g/mol. The van der Waals surface area contributed by atoms with Crippen LogP contribution in [0.15, 0.2) is 54.6 Å². The molecule has 1 amide bonds. The fraction of sp³-hybridized carbons (Fsp3) is 0.263. The van der Waals surface area contributed by atoms with Crippen molar-refractivity contribution in [2.24, 2.45) is 0 Å². The molecule has 1 aromatic heterocycles. The van der Waals surface area contributed by atoms with E-state index in [1.807, 2.05) is 35.2 Å². The van der Waals surface area contributed by atoms with Crippen LogP contribution in [0.25, 0.3) is 11.4 Å². The van der Waals surface area contributed by atoms with Gasteiger partial charge in [-0.1, -0.05) is 54.6 Å². The third-order valence-corrected chi connectivity index (χ3v) is 5.24. The maximum absolute atomic E-state index is 13.0. The van der Waals surface area contributed by atoms with Crippen LogP contribution < -0.4 is 0 Å². The van der Waals surface area contributed by atoms with E-state index in [0.29, 0.717) is 5.82 Å². The minimum Gasteiger partial charge on any atom is -0.327 e. The lowest BCUT2D eigenvalue weighted by Crippen LogP contribution is -2.31. The molecule has 6 heteroatoms. The fourth-order valence-electron chi connectivity index (χ4n) is 4.20. The molecule has 2 aromatic carbocycles. The molecule has 124 valence electrons. The van der Waals surface area contributed by atoms with Crippen molar-refractivity contribution in [1.29, 1.82) is 0 Å². The second kappa shape index (κ2) is 5.51. The van der Waals surface area contributed by atoms with Crippen molar-refractivity contribution in [2.75, 3.05) is 0 Å². The Morgan fingerprint density at radius 1 is 0.960 bits per heavy atom. The van der Waals surface area contributed by atoms with E-state index in [1.165, 1.54) is 11.1 Å². The van der Waals surface area contributed by atoms with Crippen LogP contribution in [0.5, 0.6) is 0 Å². The van der Waals surface area contributed by atoms with Gasteiger partial charge in [0.15, 0.2) is 5.82 Å². The van der Waals surface area contributed by atoms with Gasteiger partial charge < -0.3 is 4.90 Å². The first-order valence-electron chi connectivity index (χ1n) is 8.54. The second-order valence-electron chi connectivity index (χ2n) is 6.57. The number of tetrazole rings is 1. The van der Waals surface area contributed by atoms with Gasteiger partial charge in [-0.05, 0) is 34.4 Å². The van der Waals surface area contributed by atoms with Gasteiger partial charge in [0.05, 0.1) is 12.1 Å². The summed E-state index contributed by atoms with van der Waals surface area (Å²) in [5.41, 5.74) is 3.51. The first-order valence-corrected chi connectivity index (χ1v) is 8.54. The molecule has 0 saturated carbocycles. The van der Waals surface area contributed by atoms with E-state index in [9.17, 15) is 4.79 Å². The first kappa shape index (κ1) is 14.3. The highest BCUT2D eigenvalue weighted by atomic mass is 16.2. The maximum Gasteiger partial charge on any atom is 0.245 e. The van der Waals surface area contributed by atoms with Gasteiger partial charge in [0.2, 0.25) is 5.91 Å². The van der Waals surface area contributed by atoms with E-state index < -0.39 is 0 Å². The van der Waals surface area contributed by atoms with Crippen molar-refractivity contribution in [3.05, 3.63) is 65.7 Å². The Hall–Kier alpha value is -3.02. The minimum atomic E-state index is 0.0770. The zero-order valence-corrected chi connectivity index (χ0v) is 13.6. The molecule has 0 radical (unpaired) electrons. The summed E-state index contributed by atoms with van der Waals surface area (Å²) in [4.78, 5) is 15.1. The smallest absolute Gasteiger partial charge is 0.245 e. The number of rotatable bonds is 3. The topological polar surface area (TPSA) is 63.9 Å². The Labute approximate surface area is 145 Å². The molecular formula is C19H17N5O. The molecule has 25 heavy (non-hydrogen) atoms. The molecule has 2 unspecified atom stereocenters. The van der Waals surface area contributed by atoms with Crippen molar-refractivity contribution >= 4 is 5.91 Å². The van der Waals surface area contributed by atoms with Gasteiger partial charge >= 0.3 is 0 Å². The van der Waals surface area contributed by atoms with Crippen molar-refractivity contribution in [2.45, 2.75) is 31.5 Å². The molecule has 0 N–H and O–H groups in total. The summed E-state index contributed by atoms with van der Waals surface area (Å²) in [6.45, 7) is 0.165. The third-order valence-electron chi connectivity index (χ3n) is 5.24. The molecular weight excluding hydrogens is 314 g/mol. The summed E-state index contributed by atoms with van der Waals surface area (Å²) in [6.07, 6.45) is 2.07. The Balaban J connectivity index is 1.42. The van der Waals surface area contributed by atoms with E-state index >= 15 is 0 Å². The number of nitrogens with zero attached hydrogens (tertiary/aromatic N) is 5. The molecule has 2 atom stereocenters. The molecule has 2 aliphatic rings. The largest absolute Gasteiger partial charge is 0.327 e. The highest BCUT2D eigenvalue weighted by Crippen LogP contribution is 2.52. The predicted molar refractivity (Wildman–Crippen MR) is 91.3 cm³/mol. The van der Waals surface area contributed by atoms with E-state index in [1.54, 1.807) is 4.68 Å². The van der Waals surface area contributed by atoms with Crippen LogP contribution in [-0.4, -0.2) is 31.0 Å². The van der Waals surface area contributed by atoms with E-state index in [4.69, 9.17) is 0 Å². The summed E-state index contributed by atoms with van der Waals surface area (Å²) in [6, 6.07) is 18.5. The highest BCUT2D eigenvalue weighted by Gasteiger charge is 2.46. The van der Waals surface area contributed by atoms with Gasteiger partial charge in [-0.3, -0.25) is 4.79 Å². The normalized spacial score (nSPS) is 20.7. The van der Waals surface area contributed by atoms with Gasteiger partial charge in [0, 0.05) is 5.56 Å². The van der Waals surface area contributed by atoms with Gasteiger partial charge in [-0.15, -0.1) is 5.10 Å². The number of aromatic nitrogens is 4. The Kier molecular flexibility index (Phi) is 3.16. The van der Waals surface area contributed by atoms with Crippen LogP contribution in [0.4, 0.5) is 0 Å². The number of hydrogen-bond acceptors (Lipinski definition) is 4. The van der Waals surface area contributed by atoms with Gasteiger partial charge in [-0.2, -0.15) is 0 Å². The Bertz CT molecular complexity index is 905. The van der Waals surface area contributed by atoms with Crippen LogP contribution >= 0.6 is 0 Å². The van der Waals surface area contributed by atoms with Crippen LogP contribution in [0.2, 0.25) is 0 Å². The van der Waals surface area contributed by atoms with E-state index in [0.717, 1.165) is 18.4 Å². The van der Waals surface area contributed by atoms with Gasteiger partial charge in [-0.25, -0.2) is 4.68 Å². The lowest BCUT2D eigenvalue weighted by molar-refractivity contribution is -0.134. The van der Waals surface area contributed by atoms with Crippen LogP contribution in [0.1, 0.15) is 36.1 Å². The summed E-state index contributed by atoms with van der Waals surface area (Å²) in [5, 5.41) is 11.9. The second-order valence-corrected chi connectivity index (χ2v) is 6.57. The quantitative estimate of drug-likeness (QED) is 0.740. The number of carbonyl (C=O) groups is 1. The molecule has 3 heterocycles. The molecule has 1 fully saturated rings. The lowest BCUT2D eigenvalue weighted by Gasteiger charge is -2.22. The van der Waals surface area contributed by atoms with Gasteiger partial charge in [0.25, 0.3) is 0 Å². The molecule has 0 aliphatic carbocycles. The number of carbonyl (C=O) groups excluding carboxylic acids is 1. The molecule has 0 spiro atoms. The number of benzene rings is 2. The van der Waals surface area contributed by atoms with Crippen molar-refractivity contribution in [3.8, 4) is 11.4 Å². The monoisotopic (exact) mass is 331 g/mol. The first-order chi connectivity index (χ1) is 12.3. The number of fused-ring (bicyclic) bond motifs is 5. The van der Waals surface area contributed by atoms with Crippen molar-refractivity contribution < 1.29 is 4.79 Å². The highest BCUT2D eigenvalue weighted by molar-refractivity contribution is 5.79. The zero-order chi connectivity index (χ0) is 16.8. The van der Waals surface area contributed by atoms with E-state index in [2.05, 4.69) is 39.8 Å². The Morgan fingerprint density at radius 3 is 2.28 bits per heavy atom. The maximum atomic E-state index is 13.0.